The van der Waals surface area contributed by atoms with Crippen LogP contribution in [0.15, 0.2) is 6.20 Å². The number of nitrogens with zero attached hydrogens (tertiary/aromatic N) is 2. The molecule has 1 saturated heterocycles. The first-order chi connectivity index (χ1) is 7.20. The highest BCUT2D eigenvalue weighted by Crippen LogP contribution is 2.29. The Morgan fingerprint density at radius 2 is 2.38 bits per heavy atom. The molecule has 5 heteroatoms. The normalized spacial score (nSPS) is 25.6. The maximum Gasteiger partial charge on any atom is 0.180 e. The summed E-state index contributed by atoms with van der Waals surface area (Å²) in [5.74, 6) is 0.834. The van der Waals surface area contributed by atoms with Crippen LogP contribution in [-0.4, -0.2) is 22.5 Å². The van der Waals surface area contributed by atoms with Crippen molar-refractivity contribution in [3.05, 3.63) is 11.1 Å². The minimum Gasteiger partial charge on any atom is -0.375 e. The largest absolute Gasteiger partial charge is 0.375 e. The topological polar surface area (TPSA) is 42.2 Å². The molecular formula is C11H20ClN3S. The van der Waals surface area contributed by atoms with Gasteiger partial charge >= 0.3 is 0 Å². The lowest BCUT2D eigenvalue weighted by molar-refractivity contribution is 0.219. The summed E-state index contributed by atoms with van der Waals surface area (Å²) in [5, 5.41) is 0.685. The minimum absolute atomic E-state index is 0. The first kappa shape index (κ1) is 13.7. The average molecular weight is 262 g/mol. The molecule has 1 fully saturated rings. The van der Waals surface area contributed by atoms with Crippen LogP contribution < -0.4 is 5.73 Å². The Labute approximate surface area is 107 Å². The SMILES string of the molecule is CCC1C(C)CCN1Cc1cnc(N)s1.Cl. The summed E-state index contributed by atoms with van der Waals surface area (Å²) in [6.07, 6.45) is 4.48. The van der Waals surface area contributed by atoms with Crippen molar-refractivity contribution in [1.82, 2.24) is 9.88 Å². The number of rotatable bonds is 3. The first-order valence-electron chi connectivity index (χ1n) is 5.65. The Kier molecular flexibility index (Phi) is 5.02. The molecule has 2 atom stereocenters. The Hall–Kier alpha value is -0.320. The van der Waals surface area contributed by atoms with Gasteiger partial charge in [-0.3, -0.25) is 4.90 Å². The second-order valence-electron chi connectivity index (χ2n) is 4.38. The third kappa shape index (κ3) is 2.87. The fourth-order valence-corrected chi connectivity index (χ4v) is 3.25. The maximum absolute atomic E-state index is 5.64. The summed E-state index contributed by atoms with van der Waals surface area (Å²) in [4.78, 5) is 7.96. The van der Waals surface area contributed by atoms with E-state index in [0.717, 1.165) is 18.5 Å². The quantitative estimate of drug-likeness (QED) is 0.910. The third-order valence-electron chi connectivity index (χ3n) is 3.35. The summed E-state index contributed by atoms with van der Waals surface area (Å²) in [7, 11) is 0. The van der Waals surface area contributed by atoms with E-state index in [1.165, 1.54) is 24.3 Å². The predicted octanol–water partition coefficient (Wildman–Crippen LogP) is 2.77. The van der Waals surface area contributed by atoms with Crippen molar-refractivity contribution in [2.24, 2.45) is 5.92 Å². The number of hydrogen-bond acceptors (Lipinski definition) is 4. The molecule has 0 bridgehead atoms. The molecule has 0 radical (unpaired) electrons. The van der Waals surface area contributed by atoms with E-state index in [4.69, 9.17) is 5.73 Å². The van der Waals surface area contributed by atoms with Gasteiger partial charge in [0, 0.05) is 23.7 Å². The molecule has 1 aliphatic heterocycles. The number of thiazole rings is 1. The van der Waals surface area contributed by atoms with E-state index in [9.17, 15) is 0 Å². The van der Waals surface area contributed by atoms with Crippen molar-refractivity contribution < 1.29 is 0 Å². The number of halogens is 1. The summed E-state index contributed by atoms with van der Waals surface area (Å²) >= 11 is 1.61. The number of aromatic nitrogens is 1. The highest BCUT2D eigenvalue weighted by Gasteiger charge is 2.29. The second kappa shape index (κ2) is 5.84. The van der Waals surface area contributed by atoms with Crippen LogP contribution in [0.2, 0.25) is 0 Å². The lowest BCUT2D eigenvalue weighted by Gasteiger charge is -2.24. The van der Waals surface area contributed by atoms with E-state index >= 15 is 0 Å². The van der Waals surface area contributed by atoms with Crippen LogP contribution in [0.5, 0.6) is 0 Å². The number of nitrogens with two attached hydrogens (primary N) is 1. The molecule has 2 heterocycles. The van der Waals surface area contributed by atoms with Gasteiger partial charge in [0.05, 0.1) is 0 Å². The van der Waals surface area contributed by atoms with Gasteiger partial charge in [0.1, 0.15) is 0 Å². The van der Waals surface area contributed by atoms with E-state index in [1.54, 1.807) is 11.3 Å². The number of nitrogen functional groups attached to an aromatic ring is 1. The fourth-order valence-electron chi connectivity index (χ4n) is 2.54. The molecule has 1 aliphatic rings. The van der Waals surface area contributed by atoms with Crippen LogP contribution in [0.1, 0.15) is 31.6 Å². The molecule has 16 heavy (non-hydrogen) atoms. The third-order valence-corrected chi connectivity index (χ3v) is 4.16. The molecule has 92 valence electrons. The Morgan fingerprint density at radius 3 is 2.94 bits per heavy atom. The van der Waals surface area contributed by atoms with Gasteiger partial charge in [-0.05, 0) is 25.3 Å². The average Bonchev–Trinajstić information content (AvgIpc) is 2.75. The molecule has 0 aliphatic carbocycles. The van der Waals surface area contributed by atoms with Crippen molar-refractivity contribution >= 4 is 28.9 Å². The lowest BCUT2D eigenvalue weighted by atomic mass is 10.0. The molecule has 2 unspecified atom stereocenters. The van der Waals surface area contributed by atoms with Gasteiger partial charge < -0.3 is 5.73 Å². The number of anilines is 1. The van der Waals surface area contributed by atoms with E-state index in [-0.39, 0.29) is 12.4 Å². The van der Waals surface area contributed by atoms with Gasteiger partial charge in [-0.1, -0.05) is 13.8 Å². The Morgan fingerprint density at radius 1 is 1.62 bits per heavy atom. The van der Waals surface area contributed by atoms with E-state index in [1.807, 2.05) is 6.20 Å². The summed E-state index contributed by atoms with van der Waals surface area (Å²) < 4.78 is 0. The van der Waals surface area contributed by atoms with Gasteiger partial charge in [-0.2, -0.15) is 0 Å². The van der Waals surface area contributed by atoms with Crippen LogP contribution in [-0.2, 0) is 6.54 Å². The monoisotopic (exact) mass is 261 g/mol. The van der Waals surface area contributed by atoms with Crippen molar-refractivity contribution in [2.45, 2.75) is 39.3 Å². The fraction of sp³-hybridized carbons (Fsp3) is 0.727. The summed E-state index contributed by atoms with van der Waals surface area (Å²) in [5.41, 5.74) is 5.64. The molecule has 3 nitrogen and oxygen atoms in total. The molecule has 2 N–H and O–H groups in total. The maximum atomic E-state index is 5.64. The van der Waals surface area contributed by atoms with E-state index in [0.29, 0.717) is 5.13 Å². The molecule has 0 aromatic carbocycles. The zero-order chi connectivity index (χ0) is 10.8. The molecule has 2 rings (SSSR count). The highest BCUT2D eigenvalue weighted by molar-refractivity contribution is 7.15. The van der Waals surface area contributed by atoms with Crippen molar-refractivity contribution in [2.75, 3.05) is 12.3 Å². The summed E-state index contributed by atoms with van der Waals surface area (Å²) in [6.45, 7) is 6.88. The number of likely N-dealkylation sites (tertiary alicyclic amines) is 1. The molecule has 1 aromatic rings. The molecule has 0 amide bonds. The van der Waals surface area contributed by atoms with Gasteiger partial charge in [0.25, 0.3) is 0 Å². The van der Waals surface area contributed by atoms with Gasteiger partial charge in [0.15, 0.2) is 5.13 Å². The lowest BCUT2D eigenvalue weighted by Crippen LogP contribution is -2.30. The Bertz CT molecular complexity index is 329. The standard InChI is InChI=1S/C11H19N3S.ClH/c1-3-10-8(2)4-5-14(10)7-9-6-13-11(12)15-9;/h6,8,10H,3-5,7H2,1-2H3,(H2,12,13);1H. The van der Waals surface area contributed by atoms with Crippen LogP contribution in [0.4, 0.5) is 5.13 Å². The van der Waals surface area contributed by atoms with Crippen LogP contribution >= 0.6 is 23.7 Å². The second-order valence-corrected chi connectivity index (χ2v) is 5.52. The molecule has 0 spiro atoms. The van der Waals surface area contributed by atoms with Crippen LogP contribution in [0, 0.1) is 5.92 Å². The predicted molar refractivity (Wildman–Crippen MR) is 72.0 cm³/mol. The first-order valence-corrected chi connectivity index (χ1v) is 6.46. The summed E-state index contributed by atoms with van der Waals surface area (Å²) in [6, 6.07) is 0.744. The molecular weight excluding hydrogens is 242 g/mol. The molecule has 0 saturated carbocycles. The zero-order valence-electron chi connectivity index (χ0n) is 9.85. The van der Waals surface area contributed by atoms with E-state index < -0.39 is 0 Å². The number of hydrogen-bond donors (Lipinski definition) is 1. The van der Waals surface area contributed by atoms with Gasteiger partial charge in [0.2, 0.25) is 0 Å². The van der Waals surface area contributed by atoms with Crippen LogP contribution in [0.25, 0.3) is 0 Å². The van der Waals surface area contributed by atoms with E-state index in [2.05, 4.69) is 23.7 Å². The van der Waals surface area contributed by atoms with Crippen molar-refractivity contribution in [3.63, 3.8) is 0 Å². The highest BCUT2D eigenvalue weighted by atomic mass is 35.5. The minimum atomic E-state index is 0. The van der Waals surface area contributed by atoms with Crippen molar-refractivity contribution in [3.8, 4) is 0 Å². The van der Waals surface area contributed by atoms with Gasteiger partial charge in [-0.25, -0.2) is 4.98 Å². The zero-order valence-corrected chi connectivity index (χ0v) is 11.5. The van der Waals surface area contributed by atoms with Gasteiger partial charge in [-0.15, -0.1) is 23.7 Å². The molecule has 1 aromatic heterocycles. The smallest absolute Gasteiger partial charge is 0.180 e. The van der Waals surface area contributed by atoms with Crippen molar-refractivity contribution in [1.29, 1.82) is 0 Å². The Balaban J connectivity index is 0.00000128. The van der Waals surface area contributed by atoms with Crippen LogP contribution in [0.3, 0.4) is 0 Å².